The molecule has 0 aliphatic carbocycles. The number of halogens is 2. The molecule has 1 aromatic heterocycles. The minimum Gasteiger partial charge on any atom is -0.392 e. The van der Waals surface area contributed by atoms with Crippen molar-refractivity contribution in [2.45, 2.75) is 4.84 Å². The van der Waals surface area contributed by atoms with E-state index in [0.717, 1.165) is 0 Å². The van der Waals surface area contributed by atoms with Crippen LogP contribution in [0.1, 0.15) is 5.69 Å². The van der Waals surface area contributed by atoms with E-state index in [1.165, 1.54) is 11.3 Å². The predicted molar refractivity (Wildman–Crippen MR) is 60.2 cm³/mol. The van der Waals surface area contributed by atoms with E-state index >= 15 is 0 Å². The van der Waals surface area contributed by atoms with E-state index in [0.29, 0.717) is 10.8 Å². The average Bonchev–Trinajstić information content (AvgIpc) is 2.59. The van der Waals surface area contributed by atoms with Gasteiger partial charge in [-0.3, -0.25) is 4.79 Å². The zero-order valence-corrected chi connectivity index (χ0v) is 9.64. The van der Waals surface area contributed by atoms with Gasteiger partial charge in [-0.15, -0.1) is 34.5 Å². The number of anilines is 1. The lowest BCUT2D eigenvalue weighted by Crippen LogP contribution is -2.06. The van der Waals surface area contributed by atoms with Crippen molar-refractivity contribution in [1.82, 2.24) is 4.98 Å². The van der Waals surface area contributed by atoms with Gasteiger partial charge in [0.25, 0.3) is 6.29 Å². The Bertz CT molecular complexity index is 367. The minimum atomic E-state index is -0.706. The molecule has 2 N–H and O–H groups in total. The molecule has 0 bridgehead atoms. The SMILES string of the molecule is Nc1nc(/C([C]=O)=N/OCC(Cl)Cl)cs1. The van der Waals surface area contributed by atoms with Gasteiger partial charge in [0.05, 0.1) is 0 Å². The average molecular weight is 267 g/mol. The van der Waals surface area contributed by atoms with Crippen LogP contribution in [0.5, 0.6) is 0 Å². The zero-order chi connectivity index (χ0) is 11.3. The fourth-order valence-electron chi connectivity index (χ4n) is 0.672. The van der Waals surface area contributed by atoms with Crippen molar-refractivity contribution in [1.29, 1.82) is 0 Å². The number of hydrogen-bond donors (Lipinski definition) is 1. The van der Waals surface area contributed by atoms with Crippen LogP contribution in [0, 0.1) is 0 Å². The molecular weight excluding hydrogens is 261 g/mol. The van der Waals surface area contributed by atoms with Gasteiger partial charge in [0.1, 0.15) is 17.1 Å². The minimum absolute atomic E-state index is 0.0199. The Morgan fingerprint density at radius 2 is 2.53 bits per heavy atom. The summed E-state index contributed by atoms with van der Waals surface area (Å²) < 4.78 is 0. The van der Waals surface area contributed by atoms with Crippen molar-refractivity contribution < 1.29 is 9.63 Å². The van der Waals surface area contributed by atoms with Gasteiger partial charge >= 0.3 is 0 Å². The number of hydrogen-bond acceptors (Lipinski definition) is 6. The van der Waals surface area contributed by atoms with E-state index in [9.17, 15) is 4.79 Å². The summed E-state index contributed by atoms with van der Waals surface area (Å²) in [6, 6.07) is 0. The van der Waals surface area contributed by atoms with Crippen molar-refractivity contribution in [3.8, 4) is 0 Å². The van der Waals surface area contributed by atoms with Crippen LogP contribution in [-0.2, 0) is 9.63 Å². The number of thiazole rings is 1. The predicted octanol–water partition coefficient (Wildman–Crippen LogP) is 1.36. The van der Waals surface area contributed by atoms with Gasteiger partial charge in [-0.25, -0.2) is 4.98 Å². The van der Waals surface area contributed by atoms with Crippen LogP contribution in [0.25, 0.3) is 0 Å². The van der Waals surface area contributed by atoms with E-state index in [1.54, 1.807) is 11.7 Å². The van der Waals surface area contributed by atoms with Crippen molar-refractivity contribution >= 4 is 51.7 Å². The second kappa shape index (κ2) is 5.89. The molecule has 1 radical (unpaired) electrons. The first-order valence-corrected chi connectivity index (χ1v) is 5.46. The highest BCUT2D eigenvalue weighted by Crippen LogP contribution is 2.11. The molecule has 0 aliphatic rings. The lowest BCUT2D eigenvalue weighted by Gasteiger charge is -1.98. The lowest BCUT2D eigenvalue weighted by atomic mass is 10.3. The first-order valence-electron chi connectivity index (χ1n) is 3.71. The van der Waals surface area contributed by atoms with Crippen LogP contribution in [0.4, 0.5) is 5.13 Å². The normalized spacial score (nSPS) is 11.8. The summed E-state index contributed by atoms with van der Waals surface area (Å²) in [5.41, 5.74) is 5.63. The number of nitrogens with zero attached hydrogens (tertiary/aromatic N) is 2. The van der Waals surface area contributed by atoms with Gasteiger partial charge in [0.2, 0.25) is 0 Å². The zero-order valence-electron chi connectivity index (χ0n) is 7.31. The van der Waals surface area contributed by atoms with E-state index < -0.39 is 4.84 Å². The highest BCUT2D eigenvalue weighted by Gasteiger charge is 2.09. The smallest absolute Gasteiger partial charge is 0.259 e. The van der Waals surface area contributed by atoms with Gasteiger partial charge in [0.15, 0.2) is 10.8 Å². The van der Waals surface area contributed by atoms with Gasteiger partial charge in [-0.2, -0.15) is 0 Å². The highest BCUT2D eigenvalue weighted by molar-refractivity contribution is 7.13. The molecule has 0 saturated heterocycles. The van der Waals surface area contributed by atoms with Crippen LogP contribution >= 0.6 is 34.5 Å². The topological polar surface area (TPSA) is 77.6 Å². The quantitative estimate of drug-likeness (QED) is 0.496. The van der Waals surface area contributed by atoms with Gasteiger partial charge in [0, 0.05) is 5.38 Å². The first-order chi connectivity index (χ1) is 7.13. The summed E-state index contributed by atoms with van der Waals surface area (Å²) in [4.78, 5) is 18.3. The van der Waals surface area contributed by atoms with Crippen LogP contribution < -0.4 is 5.73 Å². The maximum Gasteiger partial charge on any atom is 0.259 e. The van der Waals surface area contributed by atoms with Crippen molar-refractivity contribution in [3.05, 3.63) is 11.1 Å². The molecule has 0 unspecified atom stereocenters. The molecule has 0 spiro atoms. The molecule has 1 rings (SSSR count). The maximum atomic E-state index is 10.5. The summed E-state index contributed by atoms with van der Waals surface area (Å²) in [6.07, 6.45) is 1.58. The fourth-order valence-corrected chi connectivity index (χ4v) is 1.33. The van der Waals surface area contributed by atoms with Crippen LogP contribution in [0.2, 0.25) is 0 Å². The molecule has 5 nitrogen and oxygen atoms in total. The fraction of sp³-hybridized carbons (Fsp3) is 0.286. The standard InChI is InChI=1S/C7H6Cl2N3O2S/c8-6(9)2-14-12-4(1-13)5-3-15-7(10)11-5/h3,6H,2H2,(H2,10,11)/b12-4+. The van der Waals surface area contributed by atoms with Crippen molar-refractivity contribution in [2.24, 2.45) is 5.16 Å². The van der Waals surface area contributed by atoms with E-state index in [-0.39, 0.29) is 12.3 Å². The molecule has 81 valence electrons. The summed E-state index contributed by atoms with van der Waals surface area (Å²) in [5.74, 6) is 0. The Morgan fingerprint density at radius 3 is 3.00 bits per heavy atom. The number of oxime groups is 1. The van der Waals surface area contributed by atoms with Gasteiger partial charge in [-0.05, 0) is 0 Å². The molecule has 1 aromatic rings. The van der Waals surface area contributed by atoms with E-state index in [1.807, 2.05) is 0 Å². The largest absolute Gasteiger partial charge is 0.392 e. The van der Waals surface area contributed by atoms with Gasteiger partial charge < -0.3 is 10.6 Å². The maximum absolute atomic E-state index is 10.5. The van der Waals surface area contributed by atoms with Crippen LogP contribution in [0.3, 0.4) is 0 Å². The summed E-state index contributed by atoms with van der Waals surface area (Å²) >= 11 is 12.0. The summed E-state index contributed by atoms with van der Waals surface area (Å²) in [7, 11) is 0. The third kappa shape index (κ3) is 4.03. The molecule has 0 saturated carbocycles. The molecule has 0 aliphatic heterocycles. The lowest BCUT2D eigenvalue weighted by molar-refractivity contribution is 0.156. The number of nitrogens with two attached hydrogens (primary N) is 1. The van der Waals surface area contributed by atoms with E-state index in [2.05, 4.69) is 10.1 Å². The number of nitrogen functional groups attached to an aromatic ring is 1. The number of aromatic nitrogens is 1. The Labute approximate surface area is 99.8 Å². The molecule has 15 heavy (non-hydrogen) atoms. The summed E-state index contributed by atoms with van der Waals surface area (Å²) in [5, 5.41) is 5.38. The second-order valence-corrected chi connectivity index (χ2v) is 4.47. The van der Waals surface area contributed by atoms with Gasteiger partial charge in [-0.1, -0.05) is 5.16 Å². The van der Waals surface area contributed by atoms with E-state index in [4.69, 9.17) is 33.8 Å². The number of carbonyl (C=O) groups excluding carboxylic acids is 1. The Kier molecular flexibility index (Phi) is 4.80. The number of rotatable bonds is 5. The third-order valence-electron chi connectivity index (χ3n) is 1.22. The van der Waals surface area contributed by atoms with Crippen molar-refractivity contribution in [2.75, 3.05) is 12.3 Å². The molecular formula is C7H6Cl2N3O2S. The monoisotopic (exact) mass is 266 g/mol. The Hall–Kier alpha value is -0.850. The first kappa shape index (κ1) is 12.2. The molecule has 0 atom stereocenters. The van der Waals surface area contributed by atoms with Crippen LogP contribution in [-0.4, -0.2) is 28.4 Å². The Balaban J connectivity index is 2.67. The highest BCUT2D eigenvalue weighted by atomic mass is 35.5. The van der Waals surface area contributed by atoms with Crippen molar-refractivity contribution in [3.63, 3.8) is 0 Å². The molecule has 1 heterocycles. The summed E-state index contributed by atoms with van der Waals surface area (Å²) in [6.45, 7) is -0.0199. The molecule has 0 fully saturated rings. The number of alkyl halides is 2. The Morgan fingerprint density at radius 1 is 1.80 bits per heavy atom. The third-order valence-corrected chi connectivity index (χ3v) is 2.14. The van der Waals surface area contributed by atoms with Crippen LogP contribution in [0.15, 0.2) is 10.5 Å². The molecule has 0 amide bonds. The second-order valence-electron chi connectivity index (χ2n) is 2.30. The molecule has 0 aromatic carbocycles. The molecule has 8 heteroatoms.